The number of nitrogens with zero attached hydrogens (tertiary/aromatic N) is 2. The second-order valence-corrected chi connectivity index (χ2v) is 8.93. The van der Waals surface area contributed by atoms with E-state index in [1.807, 2.05) is 24.4 Å². The van der Waals surface area contributed by atoms with Gasteiger partial charge in [-0.3, -0.25) is 4.98 Å². The molecule has 3 unspecified atom stereocenters. The highest BCUT2D eigenvalue weighted by atomic mass is 35.5. The Balaban J connectivity index is 1.65. The number of aliphatic hydroxyl groups excluding tert-OH is 1. The fourth-order valence-electron chi connectivity index (χ4n) is 4.64. The molecule has 3 N–H and O–H groups in total. The molecule has 1 aliphatic carbocycles. The summed E-state index contributed by atoms with van der Waals surface area (Å²) in [5.74, 6) is 1.86. The quantitative estimate of drug-likeness (QED) is 0.763. The number of pyridine rings is 1. The van der Waals surface area contributed by atoms with E-state index in [2.05, 4.69) is 11.1 Å². The summed E-state index contributed by atoms with van der Waals surface area (Å²) in [5, 5.41) is 11.4. The Morgan fingerprint density at radius 1 is 1.22 bits per heavy atom. The number of rotatable bonds is 1. The van der Waals surface area contributed by atoms with Crippen molar-refractivity contribution in [2.24, 2.45) is 16.6 Å². The summed E-state index contributed by atoms with van der Waals surface area (Å²) in [4.78, 5) is 9.14. The third-order valence-corrected chi connectivity index (χ3v) is 7.07. The molecule has 0 amide bonds. The van der Waals surface area contributed by atoms with Crippen molar-refractivity contribution in [2.45, 2.75) is 37.0 Å². The number of aliphatic hydroxyl groups is 1. The molecule has 1 aromatic heterocycles. The molecule has 1 fully saturated rings. The lowest BCUT2D eigenvalue weighted by atomic mass is 9.68. The topological polar surface area (TPSA) is 80.7 Å². The van der Waals surface area contributed by atoms with Gasteiger partial charge in [0.05, 0.1) is 11.1 Å². The highest BCUT2D eigenvalue weighted by Crippen LogP contribution is 2.54. The standard InChI is InChI=1S/C20H20ClN3O2S/c21-13-5-12(8-23-9-13)11-1-4-17-16(6-11)20(10-27-19(22)24-20)15-3-2-14(25)7-18(15)26-17/h1,4-6,8-9,14-15,18,25H,2-3,7,10H2,(H2,22,24)/t14?,15-,18?,20?/m0/s1. The van der Waals surface area contributed by atoms with E-state index in [-0.39, 0.29) is 18.1 Å². The SMILES string of the molecule is NC1=NC2(CS1)c1cc(-c3cncc(Cl)c3)ccc1OC1CC(O)CC[C@@H]12. The van der Waals surface area contributed by atoms with Gasteiger partial charge in [0.1, 0.15) is 17.4 Å². The van der Waals surface area contributed by atoms with Crippen LogP contribution in [-0.4, -0.2) is 33.2 Å². The van der Waals surface area contributed by atoms with E-state index in [0.29, 0.717) is 16.6 Å². The fourth-order valence-corrected chi connectivity index (χ4v) is 5.84. The average molecular weight is 402 g/mol. The molecule has 0 bridgehead atoms. The molecule has 1 aromatic carbocycles. The van der Waals surface area contributed by atoms with Crippen molar-refractivity contribution >= 4 is 28.5 Å². The molecule has 2 aromatic rings. The second-order valence-electron chi connectivity index (χ2n) is 7.50. The molecule has 4 atom stereocenters. The van der Waals surface area contributed by atoms with Crippen LogP contribution in [0.25, 0.3) is 11.1 Å². The number of hydrogen-bond acceptors (Lipinski definition) is 6. The number of ether oxygens (including phenoxy) is 1. The Labute approximate surface area is 167 Å². The van der Waals surface area contributed by atoms with Crippen molar-refractivity contribution in [1.82, 2.24) is 4.98 Å². The zero-order chi connectivity index (χ0) is 18.6. The van der Waals surface area contributed by atoms with Crippen LogP contribution < -0.4 is 10.5 Å². The summed E-state index contributed by atoms with van der Waals surface area (Å²) in [5.41, 5.74) is 8.79. The minimum atomic E-state index is -0.394. The van der Waals surface area contributed by atoms with Crippen LogP contribution in [0.5, 0.6) is 5.75 Å². The molecule has 0 saturated heterocycles. The number of benzene rings is 1. The van der Waals surface area contributed by atoms with E-state index < -0.39 is 5.54 Å². The highest BCUT2D eigenvalue weighted by Gasteiger charge is 2.54. The molecule has 1 spiro atoms. The Bertz CT molecular complexity index is 937. The van der Waals surface area contributed by atoms with Crippen LogP contribution in [0.15, 0.2) is 41.7 Å². The fraction of sp³-hybridized carbons (Fsp3) is 0.400. The van der Waals surface area contributed by atoms with Gasteiger partial charge in [0.15, 0.2) is 5.17 Å². The summed E-state index contributed by atoms with van der Waals surface area (Å²) in [6.07, 6.45) is 5.40. The van der Waals surface area contributed by atoms with Gasteiger partial charge in [-0.25, -0.2) is 4.99 Å². The van der Waals surface area contributed by atoms with Crippen molar-refractivity contribution in [2.75, 3.05) is 5.75 Å². The van der Waals surface area contributed by atoms with Gasteiger partial charge in [0, 0.05) is 41.6 Å². The van der Waals surface area contributed by atoms with Crippen LogP contribution in [0.1, 0.15) is 24.8 Å². The van der Waals surface area contributed by atoms with Gasteiger partial charge in [-0.1, -0.05) is 29.4 Å². The highest BCUT2D eigenvalue weighted by molar-refractivity contribution is 8.14. The van der Waals surface area contributed by atoms with E-state index in [4.69, 9.17) is 27.1 Å². The zero-order valence-corrected chi connectivity index (χ0v) is 16.2. The summed E-state index contributed by atoms with van der Waals surface area (Å²) in [6.45, 7) is 0. The Morgan fingerprint density at radius 3 is 2.89 bits per heavy atom. The molecule has 2 aliphatic heterocycles. The number of nitrogens with two attached hydrogens (primary N) is 1. The van der Waals surface area contributed by atoms with Gasteiger partial charge in [-0.2, -0.15) is 0 Å². The molecule has 27 heavy (non-hydrogen) atoms. The normalized spacial score (nSPS) is 31.8. The Hall–Kier alpha value is -1.76. The third-order valence-electron chi connectivity index (χ3n) is 5.89. The van der Waals surface area contributed by atoms with Crippen molar-refractivity contribution in [3.05, 3.63) is 47.2 Å². The number of thioether (sulfide) groups is 1. The lowest BCUT2D eigenvalue weighted by Crippen LogP contribution is -2.51. The van der Waals surface area contributed by atoms with Gasteiger partial charge in [0.2, 0.25) is 0 Å². The van der Waals surface area contributed by atoms with Gasteiger partial charge in [-0.15, -0.1) is 0 Å². The summed E-state index contributed by atoms with van der Waals surface area (Å²) < 4.78 is 6.32. The summed E-state index contributed by atoms with van der Waals surface area (Å²) >= 11 is 7.73. The van der Waals surface area contributed by atoms with Crippen LogP contribution in [0.3, 0.4) is 0 Å². The van der Waals surface area contributed by atoms with Crippen molar-refractivity contribution < 1.29 is 9.84 Å². The molecule has 5 rings (SSSR count). The van der Waals surface area contributed by atoms with Crippen molar-refractivity contribution in [1.29, 1.82) is 0 Å². The minimum Gasteiger partial charge on any atom is -0.490 e. The van der Waals surface area contributed by atoms with E-state index in [9.17, 15) is 5.11 Å². The number of halogens is 1. The molecule has 7 heteroatoms. The maximum absolute atomic E-state index is 10.1. The van der Waals surface area contributed by atoms with E-state index in [1.54, 1.807) is 18.0 Å². The van der Waals surface area contributed by atoms with E-state index in [0.717, 1.165) is 41.0 Å². The van der Waals surface area contributed by atoms with Gasteiger partial charge in [-0.05, 0) is 36.6 Å². The van der Waals surface area contributed by atoms with Crippen LogP contribution >= 0.6 is 23.4 Å². The van der Waals surface area contributed by atoms with Gasteiger partial charge in [0.25, 0.3) is 0 Å². The second kappa shape index (κ2) is 6.40. The first-order chi connectivity index (χ1) is 13.0. The smallest absolute Gasteiger partial charge is 0.154 e. The molecule has 0 radical (unpaired) electrons. The Kier molecular flexibility index (Phi) is 4.11. The molecule has 3 heterocycles. The minimum absolute atomic E-state index is 0.0322. The van der Waals surface area contributed by atoms with Gasteiger partial charge < -0.3 is 15.6 Å². The monoisotopic (exact) mass is 401 g/mol. The average Bonchev–Trinajstić information content (AvgIpc) is 3.04. The van der Waals surface area contributed by atoms with Gasteiger partial charge >= 0.3 is 0 Å². The van der Waals surface area contributed by atoms with Crippen LogP contribution in [-0.2, 0) is 5.54 Å². The van der Waals surface area contributed by atoms with Crippen LogP contribution in [0.4, 0.5) is 0 Å². The number of fused-ring (bicyclic) bond motifs is 4. The number of aliphatic imine (C=N–C) groups is 1. The largest absolute Gasteiger partial charge is 0.490 e. The van der Waals surface area contributed by atoms with E-state index >= 15 is 0 Å². The lowest BCUT2D eigenvalue weighted by Gasteiger charge is -2.48. The molecule has 5 nitrogen and oxygen atoms in total. The summed E-state index contributed by atoms with van der Waals surface area (Å²) in [6, 6.07) is 8.08. The third kappa shape index (κ3) is 2.82. The Morgan fingerprint density at radius 2 is 2.11 bits per heavy atom. The predicted molar refractivity (Wildman–Crippen MR) is 108 cm³/mol. The molecular formula is C20H20ClN3O2S. The maximum atomic E-state index is 10.1. The lowest BCUT2D eigenvalue weighted by molar-refractivity contribution is -0.0246. The van der Waals surface area contributed by atoms with Crippen LogP contribution in [0.2, 0.25) is 5.02 Å². The van der Waals surface area contributed by atoms with E-state index in [1.165, 1.54) is 0 Å². The molecular weight excluding hydrogens is 382 g/mol. The first-order valence-electron chi connectivity index (χ1n) is 9.13. The first kappa shape index (κ1) is 17.3. The molecule has 3 aliphatic rings. The zero-order valence-electron chi connectivity index (χ0n) is 14.6. The number of aromatic nitrogens is 1. The number of hydrogen-bond donors (Lipinski definition) is 2. The van der Waals surface area contributed by atoms with Crippen molar-refractivity contribution in [3.8, 4) is 16.9 Å². The molecule has 1 saturated carbocycles. The first-order valence-corrected chi connectivity index (χ1v) is 10.5. The molecule has 140 valence electrons. The van der Waals surface area contributed by atoms with Crippen LogP contribution in [0, 0.1) is 5.92 Å². The summed E-state index contributed by atoms with van der Waals surface area (Å²) in [7, 11) is 0. The maximum Gasteiger partial charge on any atom is 0.154 e. The number of amidine groups is 1. The van der Waals surface area contributed by atoms with Crippen molar-refractivity contribution in [3.63, 3.8) is 0 Å². The predicted octanol–water partition coefficient (Wildman–Crippen LogP) is 3.58.